The molecule has 0 N–H and O–H groups in total. The highest BCUT2D eigenvalue weighted by molar-refractivity contribution is 5.79. The first-order chi connectivity index (χ1) is 11.1. The second-order valence-electron chi connectivity index (χ2n) is 6.51. The van der Waals surface area contributed by atoms with Crippen LogP contribution in [0.15, 0.2) is 30.5 Å². The lowest BCUT2D eigenvalue weighted by Crippen LogP contribution is -2.36. The van der Waals surface area contributed by atoms with Gasteiger partial charge in [-0.15, -0.1) is 0 Å². The Hall–Kier alpha value is -2.04. The van der Waals surface area contributed by atoms with Crippen LogP contribution in [-0.2, 0) is 4.79 Å². The molecular formula is C18H25N3O2. The molecule has 1 fully saturated rings. The van der Waals surface area contributed by atoms with Gasteiger partial charge in [0.05, 0.1) is 6.54 Å². The quantitative estimate of drug-likeness (QED) is 0.801. The number of pyridine rings is 1. The molecule has 124 valence electrons. The Balaban J connectivity index is 1.60. The van der Waals surface area contributed by atoms with Crippen LogP contribution in [0.4, 0.5) is 5.82 Å². The van der Waals surface area contributed by atoms with Gasteiger partial charge in [-0.25, -0.2) is 4.98 Å². The lowest BCUT2D eigenvalue weighted by molar-refractivity contribution is -0.135. The van der Waals surface area contributed by atoms with Crippen molar-refractivity contribution in [1.82, 2.24) is 9.88 Å². The topological polar surface area (TPSA) is 45.7 Å². The van der Waals surface area contributed by atoms with Crippen LogP contribution in [0.1, 0.15) is 25.7 Å². The number of ether oxygens (including phenoxy) is 1. The third-order valence-electron chi connectivity index (χ3n) is 4.54. The molecule has 1 aromatic rings. The molecule has 5 heteroatoms. The summed E-state index contributed by atoms with van der Waals surface area (Å²) in [6.45, 7) is 1.47. The number of hydrogen-bond acceptors (Lipinski definition) is 4. The fourth-order valence-corrected chi connectivity index (χ4v) is 3.29. The highest BCUT2D eigenvalue weighted by Gasteiger charge is 2.32. The molecule has 1 aromatic heterocycles. The van der Waals surface area contributed by atoms with Crippen LogP contribution >= 0.6 is 0 Å². The SMILES string of the molecule is CN(C)c1ncccc1O[C@H]1CCN(C(=O)[C@H]2CC=CCC2)C1. The van der Waals surface area contributed by atoms with Crippen LogP contribution in [0.3, 0.4) is 0 Å². The fraction of sp³-hybridized carbons (Fsp3) is 0.556. The van der Waals surface area contributed by atoms with Gasteiger partial charge >= 0.3 is 0 Å². The minimum Gasteiger partial charge on any atom is -0.485 e. The summed E-state index contributed by atoms with van der Waals surface area (Å²) in [5.74, 6) is 2.07. The number of aromatic nitrogens is 1. The fourth-order valence-electron chi connectivity index (χ4n) is 3.29. The maximum Gasteiger partial charge on any atom is 0.226 e. The number of amides is 1. The van der Waals surface area contributed by atoms with Crippen molar-refractivity contribution >= 4 is 11.7 Å². The summed E-state index contributed by atoms with van der Waals surface area (Å²) in [4.78, 5) is 20.9. The molecule has 0 bridgehead atoms. The van der Waals surface area contributed by atoms with E-state index in [2.05, 4.69) is 17.1 Å². The number of anilines is 1. The Morgan fingerprint density at radius 3 is 2.96 bits per heavy atom. The van der Waals surface area contributed by atoms with E-state index in [-0.39, 0.29) is 12.0 Å². The smallest absolute Gasteiger partial charge is 0.226 e. The van der Waals surface area contributed by atoms with Crippen LogP contribution < -0.4 is 9.64 Å². The van der Waals surface area contributed by atoms with Gasteiger partial charge in [-0.3, -0.25) is 4.79 Å². The van der Waals surface area contributed by atoms with Crippen molar-refractivity contribution in [3.63, 3.8) is 0 Å². The van der Waals surface area contributed by atoms with E-state index >= 15 is 0 Å². The molecule has 2 heterocycles. The standard InChI is InChI=1S/C18H25N3O2/c1-20(2)17-16(9-6-11-19-17)23-15-10-12-21(13-15)18(22)14-7-4-3-5-8-14/h3-4,6,9,11,14-15H,5,7-8,10,12-13H2,1-2H3/t14-,15-/m0/s1. The highest BCUT2D eigenvalue weighted by atomic mass is 16.5. The molecule has 1 saturated heterocycles. The van der Waals surface area contributed by atoms with E-state index in [1.54, 1.807) is 6.20 Å². The second kappa shape index (κ2) is 7.02. The Morgan fingerprint density at radius 2 is 2.22 bits per heavy atom. The van der Waals surface area contributed by atoms with E-state index in [9.17, 15) is 4.79 Å². The van der Waals surface area contributed by atoms with Crippen molar-refractivity contribution in [3.8, 4) is 5.75 Å². The molecule has 23 heavy (non-hydrogen) atoms. The average molecular weight is 315 g/mol. The maximum atomic E-state index is 12.6. The van der Waals surface area contributed by atoms with Gasteiger partial charge in [0.25, 0.3) is 0 Å². The lowest BCUT2D eigenvalue weighted by Gasteiger charge is -2.24. The molecule has 1 aliphatic carbocycles. The van der Waals surface area contributed by atoms with Crippen molar-refractivity contribution in [1.29, 1.82) is 0 Å². The van der Waals surface area contributed by atoms with Crippen molar-refractivity contribution < 1.29 is 9.53 Å². The monoisotopic (exact) mass is 315 g/mol. The van der Waals surface area contributed by atoms with Crippen LogP contribution in [0, 0.1) is 5.92 Å². The first kappa shape index (κ1) is 15.8. The zero-order chi connectivity index (χ0) is 16.2. The van der Waals surface area contributed by atoms with Gasteiger partial charge in [0.1, 0.15) is 6.10 Å². The number of rotatable bonds is 4. The maximum absolute atomic E-state index is 12.6. The van der Waals surface area contributed by atoms with Gasteiger partial charge in [0, 0.05) is 39.2 Å². The summed E-state index contributed by atoms with van der Waals surface area (Å²) in [6.07, 6.45) is 9.89. The second-order valence-corrected chi connectivity index (χ2v) is 6.51. The molecule has 0 unspecified atom stereocenters. The summed E-state index contributed by atoms with van der Waals surface area (Å²) < 4.78 is 6.12. The van der Waals surface area contributed by atoms with Gasteiger partial charge in [-0.2, -0.15) is 0 Å². The molecule has 1 aliphatic heterocycles. The number of carbonyl (C=O) groups is 1. The Bertz CT molecular complexity index is 585. The highest BCUT2D eigenvalue weighted by Crippen LogP contribution is 2.28. The van der Waals surface area contributed by atoms with E-state index in [0.717, 1.165) is 43.8 Å². The average Bonchev–Trinajstić information content (AvgIpc) is 3.04. The number of allylic oxidation sites excluding steroid dienone is 2. The largest absolute Gasteiger partial charge is 0.485 e. The predicted octanol–water partition coefficient (Wildman–Crippen LogP) is 2.48. The van der Waals surface area contributed by atoms with Crippen LogP contribution in [0.5, 0.6) is 5.75 Å². The zero-order valence-electron chi connectivity index (χ0n) is 13.9. The van der Waals surface area contributed by atoms with Crippen LogP contribution in [0.25, 0.3) is 0 Å². The van der Waals surface area contributed by atoms with E-state index in [0.29, 0.717) is 12.5 Å². The molecule has 5 nitrogen and oxygen atoms in total. The van der Waals surface area contributed by atoms with Crippen molar-refractivity contribution in [2.75, 3.05) is 32.1 Å². The number of carbonyl (C=O) groups excluding carboxylic acids is 1. The molecule has 3 rings (SSSR count). The summed E-state index contributed by atoms with van der Waals surface area (Å²) in [6, 6.07) is 3.83. The van der Waals surface area contributed by atoms with E-state index in [1.807, 2.05) is 36.0 Å². The normalized spacial score (nSPS) is 23.8. The summed E-state index contributed by atoms with van der Waals surface area (Å²) in [5.41, 5.74) is 0. The van der Waals surface area contributed by atoms with E-state index < -0.39 is 0 Å². The third-order valence-corrected chi connectivity index (χ3v) is 4.54. The summed E-state index contributed by atoms with van der Waals surface area (Å²) >= 11 is 0. The number of hydrogen-bond donors (Lipinski definition) is 0. The molecular weight excluding hydrogens is 290 g/mol. The summed E-state index contributed by atoms with van der Waals surface area (Å²) in [5, 5.41) is 0. The van der Waals surface area contributed by atoms with Gasteiger partial charge in [-0.1, -0.05) is 12.2 Å². The molecule has 2 aliphatic rings. The number of likely N-dealkylation sites (tertiary alicyclic amines) is 1. The Morgan fingerprint density at radius 1 is 1.35 bits per heavy atom. The lowest BCUT2D eigenvalue weighted by atomic mass is 9.93. The zero-order valence-corrected chi connectivity index (χ0v) is 13.9. The van der Waals surface area contributed by atoms with Gasteiger partial charge in [0.2, 0.25) is 5.91 Å². The first-order valence-corrected chi connectivity index (χ1v) is 8.38. The molecule has 0 radical (unpaired) electrons. The Kier molecular flexibility index (Phi) is 4.84. The van der Waals surface area contributed by atoms with Crippen LogP contribution in [-0.4, -0.2) is 49.1 Å². The summed E-state index contributed by atoms with van der Waals surface area (Å²) in [7, 11) is 3.91. The first-order valence-electron chi connectivity index (χ1n) is 8.38. The van der Waals surface area contributed by atoms with Crippen molar-refractivity contribution in [2.24, 2.45) is 5.92 Å². The third kappa shape index (κ3) is 3.66. The molecule has 2 atom stereocenters. The van der Waals surface area contributed by atoms with Gasteiger partial charge in [0.15, 0.2) is 11.6 Å². The van der Waals surface area contributed by atoms with E-state index in [1.165, 1.54) is 0 Å². The predicted molar refractivity (Wildman–Crippen MR) is 90.7 cm³/mol. The van der Waals surface area contributed by atoms with Crippen molar-refractivity contribution in [2.45, 2.75) is 31.8 Å². The number of nitrogens with zero attached hydrogens (tertiary/aromatic N) is 3. The Labute approximate surface area is 137 Å². The molecule has 1 amide bonds. The molecule has 0 saturated carbocycles. The van der Waals surface area contributed by atoms with E-state index in [4.69, 9.17) is 4.74 Å². The van der Waals surface area contributed by atoms with Crippen LogP contribution in [0.2, 0.25) is 0 Å². The van der Waals surface area contributed by atoms with Gasteiger partial charge in [-0.05, 0) is 31.4 Å². The minimum absolute atomic E-state index is 0.0565. The molecule has 0 aromatic carbocycles. The molecule has 0 spiro atoms. The minimum atomic E-state index is 0.0565. The van der Waals surface area contributed by atoms with Crippen molar-refractivity contribution in [3.05, 3.63) is 30.5 Å². The van der Waals surface area contributed by atoms with Gasteiger partial charge < -0.3 is 14.5 Å².